The molecule has 2 aromatic carbocycles. The predicted molar refractivity (Wildman–Crippen MR) is 185 cm³/mol. The standard InChI is InChI=1S/C21H16FN3O4.C17H14FN3O3/c1-12-18(19(25-29-12)15-6-2-3-7-16(15)22)20(26)13-9-17(23-10-13)21(27)24-11-14-5-4-8-28-14;1-9-14(15(21-24-9)11-5-3-4-6-12(11)18)16(22)10-7-13(20-8-10)17(23)19-2/h2-10,23H,11H2,1H3,(H,24,27);3-8,20H,1-2H3,(H,19,23). The quantitative estimate of drug-likeness (QED) is 0.113. The van der Waals surface area contributed by atoms with E-state index < -0.39 is 29.1 Å². The van der Waals surface area contributed by atoms with E-state index in [1.54, 1.807) is 50.2 Å². The van der Waals surface area contributed by atoms with Gasteiger partial charge in [0.05, 0.1) is 23.9 Å². The highest BCUT2D eigenvalue weighted by atomic mass is 19.1. The summed E-state index contributed by atoms with van der Waals surface area (Å²) in [6.07, 6.45) is 4.35. The van der Waals surface area contributed by atoms with Crippen molar-refractivity contribution in [1.29, 1.82) is 0 Å². The van der Waals surface area contributed by atoms with Crippen LogP contribution in [0.25, 0.3) is 22.5 Å². The minimum absolute atomic E-state index is 0.121. The second-order valence-electron chi connectivity index (χ2n) is 11.5. The maximum atomic E-state index is 14.2. The third-order valence-corrected chi connectivity index (χ3v) is 8.05. The van der Waals surface area contributed by atoms with E-state index >= 15 is 0 Å². The van der Waals surface area contributed by atoms with E-state index in [2.05, 4.69) is 30.9 Å². The summed E-state index contributed by atoms with van der Waals surface area (Å²) in [4.78, 5) is 55.2. The third-order valence-electron chi connectivity index (χ3n) is 8.05. The highest BCUT2D eigenvalue weighted by Gasteiger charge is 2.27. The molecule has 5 heterocycles. The molecule has 0 saturated carbocycles. The summed E-state index contributed by atoms with van der Waals surface area (Å²) in [5.41, 5.74) is 1.88. The molecule has 268 valence electrons. The van der Waals surface area contributed by atoms with E-state index in [0.717, 1.165) is 0 Å². The highest BCUT2D eigenvalue weighted by molar-refractivity contribution is 6.14. The van der Waals surface area contributed by atoms with Crippen LogP contribution in [0, 0.1) is 25.5 Å². The lowest BCUT2D eigenvalue weighted by Gasteiger charge is -2.02. The van der Waals surface area contributed by atoms with Gasteiger partial charge in [0.1, 0.15) is 51.7 Å². The zero-order valence-corrected chi connectivity index (χ0v) is 28.4. The minimum atomic E-state index is -0.512. The van der Waals surface area contributed by atoms with Crippen LogP contribution in [0.1, 0.15) is 70.1 Å². The molecule has 2 amide bonds. The van der Waals surface area contributed by atoms with Gasteiger partial charge in [-0.3, -0.25) is 19.2 Å². The summed E-state index contributed by atoms with van der Waals surface area (Å²) in [5.74, 6) is -1.43. The van der Waals surface area contributed by atoms with Gasteiger partial charge in [-0.25, -0.2) is 8.78 Å². The van der Waals surface area contributed by atoms with Gasteiger partial charge in [0.25, 0.3) is 11.8 Å². The fourth-order valence-corrected chi connectivity index (χ4v) is 5.37. The van der Waals surface area contributed by atoms with Crippen LogP contribution in [0.5, 0.6) is 0 Å². The number of amides is 2. The van der Waals surface area contributed by atoms with Gasteiger partial charge in [0.15, 0.2) is 11.6 Å². The fraction of sp³-hybridized carbons (Fsp3) is 0.105. The molecule has 7 rings (SSSR count). The molecule has 0 fully saturated rings. The number of halogens is 2. The highest BCUT2D eigenvalue weighted by Crippen LogP contribution is 2.31. The molecule has 0 aliphatic carbocycles. The Bertz CT molecular complexity index is 2440. The van der Waals surface area contributed by atoms with E-state index in [1.807, 2.05) is 0 Å². The molecule has 0 saturated heterocycles. The number of carbonyl (C=O) groups excluding carboxylic acids is 4. The smallest absolute Gasteiger partial charge is 0.268 e. The van der Waals surface area contributed by atoms with Crippen molar-refractivity contribution < 1.29 is 41.4 Å². The number of nitrogens with one attached hydrogen (secondary N) is 4. The molecule has 0 bridgehead atoms. The van der Waals surface area contributed by atoms with Crippen LogP contribution in [-0.2, 0) is 6.54 Å². The number of furan rings is 1. The van der Waals surface area contributed by atoms with Gasteiger partial charge in [-0.1, -0.05) is 34.6 Å². The van der Waals surface area contributed by atoms with Gasteiger partial charge >= 0.3 is 0 Å². The van der Waals surface area contributed by atoms with Crippen LogP contribution in [0.3, 0.4) is 0 Å². The molecule has 15 heteroatoms. The maximum absolute atomic E-state index is 14.2. The van der Waals surface area contributed by atoms with Gasteiger partial charge in [-0.05, 0) is 62.4 Å². The van der Waals surface area contributed by atoms with Gasteiger partial charge < -0.3 is 34.1 Å². The van der Waals surface area contributed by atoms with Crippen molar-refractivity contribution >= 4 is 23.4 Å². The van der Waals surface area contributed by atoms with Crippen molar-refractivity contribution in [2.24, 2.45) is 0 Å². The number of nitrogens with zero attached hydrogens (tertiary/aromatic N) is 2. The fourth-order valence-electron chi connectivity index (χ4n) is 5.37. The van der Waals surface area contributed by atoms with E-state index in [9.17, 15) is 28.0 Å². The first kappa shape index (κ1) is 35.7. The van der Waals surface area contributed by atoms with Crippen molar-refractivity contribution in [2.45, 2.75) is 20.4 Å². The Morgan fingerprint density at radius 2 is 1.19 bits per heavy atom. The van der Waals surface area contributed by atoms with Crippen molar-refractivity contribution in [3.8, 4) is 22.5 Å². The molecule has 7 aromatic rings. The summed E-state index contributed by atoms with van der Waals surface area (Å²) in [6.45, 7) is 3.38. The Morgan fingerprint density at radius 1 is 0.698 bits per heavy atom. The summed E-state index contributed by atoms with van der Waals surface area (Å²) in [7, 11) is 1.49. The molecule has 0 spiro atoms. The average molecular weight is 721 g/mol. The van der Waals surface area contributed by atoms with Gasteiger partial charge in [0.2, 0.25) is 0 Å². The number of hydrogen-bond donors (Lipinski definition) is 4. The number of hydrogen-bond acceptors (Lipinski definition) is 9. The van der Waals surface area contributed by atoms with E-state index in [1.165, 1.54) is 62.1 Å². The topological polar surface area (TPSA) is 189 Å². The Balaban J connectivity index is 0.000000185. The number of carbonyl (C=O) groups is 4. The number of H-pyrrole nitrogens is 2. The van der Waals surface area contributed by atoms with Crippen molar-refractivity contribution in [3.05, 3.63) is 154 Å². The molecule has 0 radical (unpaired) electrons. The van der Waals surface area contributed by atoms with Gasteiger partial charge in [0, 0.05) is 41.7 Å². The summed E-state index contributed by atoms with van der Waals surface area (Å²) < 4.78 is 43.6. The first-order valence-electron chi connectivity index (χ1n) is 16.0. The number of benzene rings is 2. The van der Waals surface area contributed by atoms with Crippen LogP contribution in [0.4, 0.5) is 8.78 Å². The zero-order valence-electron chi connectivity index (χ0n) is 28.4. The average Bonchev–Trinajstić information content (AvgIpc) is 4.02. The van der Waals surface area contributed by atoms with Crippen molar-refractivity contribution in [1.82, 2.24) is 30.9 Å². The second-order valence-corrected chi connectivity index (χ2v) is 11.5. The number of aryl methyl sites for hydroxylation is 2. The molecule has 4 N–H and O–H groups in total. The lowest BCUT2D eigenvalue weighted by Crippen LogP contribution is -2.22. The molecule has 5 aromatic heterocycles. The molecule has 13 nitrogen and oxygen atoms in total. The molecular formula is C38H30F2N6O7. The molecule has 0 aliphatic rings. The second kappa shape index (κ2) is 15.4. The predicted octanol–water partition coefficient (Wildman–Crippen LogP) is 6.58. The third kappa shape index (κ3) is 7.49. The van der Waals surface area contributed by atoms with Gasteiger partial charge in [-0.15, -0.1) is 0 Å². The van der Waals surface area contributed by atoms with E-state index in [-0.39, 0.29) is 80.1 Å². The first-order valence-corrected chi connectivity index (χ1v) is 16.0. The van der Waals surface area contributed by atoms with Gasteiger partial charge in [-0.2, -0.15) is 0 Å². The number of rotatable bonds is 10. The van der Waals surface area contributed by atoms with E-state index in [0.29, 0.717) is 5.76 Å². The monoisotopic (exact) mass is 720 g/mol. The van der Waals surface area contributed by atoms with Crippen LogP contribution < -0.4 is 10.6 Å². The first-order chi connectivity index (χ1) is 25.6. The van der Waals surface area contributed by atoms with Crippen molar-refractivity contribution in [2.75, 3.05) is 7.05 Å². The maximum Gasteiger partial charge on any atom is 0.268 e. The van der Waals surface area contributed by atoms with Crippen LogP contribution in [0.2, 0.25) is 0 Å². The lowest BCUT2D eigenvalue weighted by atomic mass is 9.99. The Morgan fingerprint density at radius 3 is 1.64 bits per heavy atom. The Labute approximate surface area is 299 Å². The minimum Gasteiger partial charge on any atom is -0.467 e. The lowest BCUT2D eigenvalue weighted by molar-refractivity contribution is 0.0940. The molecule has 0 atom stereocenters. The van der Waals surface area contributed by atoms with E-state index in [4.69, 9.17) is 13.5 Å². The molecular weight excluding hydrogens is 690 g/mol. The van der Waals surface area contributed by atoms with Crippen LogP contribution in [0.15, 0.2) is 105 Å². The molecule has 0 unspecified atom stereocenters. The molecule has 53 heavy (non-hydrogen) atoms. The zero-order chi connectivity index (χ0) is 37.6. The largest absolute Gasteiger partial charge is 0.467 e. The number of ketones is 2. The van der Waals surface area contributed by atoms with Crippen LogP contribution in [-0.4, -0.2) is 50.7 Å². The molecule has 0 aliphatic heterocycles. The Kier molecular flexibility index (Phi) is 10.4. The summed E-state index contributed by atoms with van der Waals surface area (Å²) in [6, 6.07) is 18.3. The van der Waals surface area contributed by atoms with Crippen LogP contribution >= 0.6 is 0 Å². The number of aromatic amines is 2. The summed E-state index contributed by atoms with van der Waals surface area (Å²) in [5, 5.41) is 12.8. The SMILES string of the molecule is CNC(=O)c1cc(C(=O)c2c(-c3ccccc3F)noc2C)c[nH]1.Cc1onc(-c2ccccc2F)c1C(=O)c1c[nH]c(C(=O)NCc2ccco2)c1. The van der Waals surface area contributed by atoms with Crippen molar-refractivity contribution in [3.63, 3.8) is 0 Å². The number of aromatic nitrogens is 4. The Hall–Kier alpha value is -7.16. The normalized spacial score (nSPS) is 10.7. The summed E-state index contributed by atoms with van der Waals surface area (Å²) >= 11 is 0.